The molecule has 2 heterocycles. The van der Waals surface area contributed by atoms with E-state index in [1.807, 2.05) is 13.8 Å². The van der Waals surface area contributed by atoms with E-state index in [-0.39, 0.29) is 22.5 Å². The second-order valence-electron chi connectivity index (χ2n) is 5.49. The second-order valence-corrected chi connectivity index (χ2v) is 5.90. The van der Waals surface area contributed by atoms with Crippen LogP contribution in [0.15, 0.2) is 22.7 Å². The van der Waals surface area contributed by atoms with Crippen molar-refractivity contribution in [3.05, 3.63) is 51.6 Å². The fourth-order valence-corrected chi connectivity index (χ4v) is 3.37. The number of hydrogen-bond donors (Lipinski definition) is 0. The zero-order chi connectivity index (χ0) is 15.9. The summed E-state index contributed by atoms with van der Waals surface area (Å²) in [6.07, 6.45) is 1.66. The van der Waals surface area contributed by atoms with Gasteiger partial charge in [-0.1, -0.05) is 22.8 Å². The number of aromatic nitrogens is 1. The summed E-state index contributed by atoms with van der Waals surface area (Å²) in [5.74, 6) is -0.283. The number of likely N-dealkylation sites (tertiary alicyclic amines) is 1. The van der Waals surface area contributed by atoms with Crippen molar-refractivity contribution in [2.24, 2.45) is 0 Å². The van der Waals surface area contributed by atoms with Gasteiger partial charge in [0.05, 0.1) is 22.3 Å². The Hall–Kier alpha value is -1.88. The molecule has 0 aliphatic carbocycles. The van der Waals surface area contributed by atoms with Crippen LogP contribution < -0.4 is 0 Å². The highest BCUT2D eigenvalue weighted by Gasteiger charge is 2.35. The summed E-state index contributed by atoms with van der Waals surface area (Å²) in [6.45, 7) is 4.24. The van der Waals surface area contributed by atoms with Crippen molar-refractivity contribution in [3.8, 4) is 0 Å². The number of halogens is 2. The summed E-state index contributed by atoms with van der Waals surface area (Å²) in [6, 6.07) is 4.12. The predicted octanol–water partition coefficient (Wildman–Crippen LogP) is 4.06. The van der Waals surface area contributed by atoms with Crippen molar-refractivity contribution in [2.75, 3.05) is 6.54 Å². The lowest BCUT2D eigenvalue weighted by Crippen LogP contribution is -2.31. The topological polar surface area (TPSA) is 46.3 Å². The number of carbonyl (C=O) groups excluding carboxylic acids is 1. The number of benzene rings is 1. The van der Waals surface area contributed by atoms with Gasteiger partial charge in [0, 0.05) is 12.1 Å². The van der Waals surface area contributed by atoms with E-state index in [4.69, 9.17) is 16.1 Å². The van der Waals surface area contributed by atoms with E-state index >= 15 is 0 Å². The third-order valence-electron chi connectivity index (χ3n) is 4.11. The first-order chi connectivity index (χ1) is 10.5. The molecule has 0 radical (unpaired) electrons. The number of rotatable bonds is 2. The molecule has 22 heavy (non-hydrogen) atoms. The van der Waals surface area contributed by atoms with Crippen molar-refractivity contribution < 1.29 is 13.7 Å². The maximum Gasteiger partial charge on any atom is 0.258 e. The number of nitrogens with zero attached hydrogens (tertiary/aromatic N) is 2. The molecule has 116 valence electrons. The van der Waals surface area contributed by atoms with Crippen LogP contribution in [0.2, 0.25) is 5.02 Å². The molecule has 1 saturated heterocycles. The summed E-state index contributed by atoms with van der Waals surface area (Å²) in [5, 5.41) is 4.08. The highest BCUT2D eigenvalue weighted by atomic mass is 35.5. The van der Waals surface area contributed by atoms with Crippen LogP contribution in [0, 0.1) is 19.7 Å². The summed E-state index contributed by atoms with van der Waals surface area (Å²) >= 11 is 6.02. The molecule has 1 aromatic heterocycles. The van der Waals surface area contributed by atoms with Crippen molar-refractivity contribution in [1.82, 2.24) is 10.1 Å². The van der Waals surface area contributed by atoms with Gasteiger partial charge in [-0.05, 0) is 38.8 Å². The highest BCUT2D eigenvalue weighted by molar-refractivity contribution is 6.33. The van der Waals surface area contributed by atoms with Gasteiger partial charge in [-0.2, -0.15) is 0 Å². The van der Waals surface area contributed by atoms with E-state index in [0.29, 0.717) is 12.3 Å². The molecule has 0 N–H and O–H groups in total. The molecule has 0 saturated carbocycles. The molecule has 6 heteroatoms. The highest BCUT2D eigenvalue weighted by Crippen LogP contribution is 2.37. The lowest BCUT2D eigenvalue weighted by atomic mass is 10.0. The van der Waals surface area contributed by atoms with Gasteiger partial charge in [-0.25, -0.2) is 4.39 Å². The maximum atomic E-state index is 14.0. The van der Waals surface area contributed by atoms with Crippen molar-refractivity contribution in [1.29, 1.82) is 0 Å². The first-order valence-electron chi connectivity index (χ1n) is 7.18. The molecule has 3 rings (SSSR count). The van der Waals surface area contributed by atoms with Gasteiger partial charge < -0.3 is 9.42 Å². The Balaban J connectivity index is 1.99. The normalized spacial score (nSPS) is 18.0. The van der Waals surface area contributed by atoms with Gasteiger partial charge in [0.2, 0.25) is 0 Å². The average Bonchev–Trinajstić information content (AvgIpc) is 3.05. The van der Waals surface area contributed by atoms with E-state index in [1.54, 1.807) is 4.90 Å². The quantitative estimate of drug-likeness (QED) is 0.837. The van der Waals surface area contributed by atoms with Crippen LogP contribution in [-0.4, -0.2) is 22.5 Å². The zero-order valence-corrected chi connectivity index (χ0v) is 13.2. The van der Waals surface area contributed by atoms with Gasteiger partial charge in [0.25, 0.3) is 5.91 Å². The Morgan fingerprint density at radius 3 is 2.86 bits per heavy atom. The SMILES string of the molecule is Cc1noc(C)c1[C@H]1CCCN1C(=O)c1c(F)cccc1Cl. The smallest absolute Gasteiger partial charge is 0.258 e. The molecule has 1 fully saturated rings. The van der Waals surface area contributed by atoms with Crippen molar-refractivity contribution in [2.45, 2.75) is 32.7 Å². The van der Waals surface area contributed by atoms with Crippen LogP contribution in [0.3, 0.4) is 0 Å². The Morgan fingerprint density at radius 1 is 1.45 bits per heavy atom. The summed E-state index contributed by atoms with van der Waals surface area (Å²) in [4.78, 5) is 14.4. The van der Waals surface area contributed by atoms with Gasteiger partial charge >= 0.3 is 0 Å². The van der Waals surface area contributed by atoms with E-state index in [9.17, 15) is 9.18 Å². The van der Waals surface area contributed by atoms with Gasteiger partial charge in [0.15, 0.2) is 0 Å². The monoisotopic (exact) mass is 322 g/mol. The minimum Gasteiger partial charge on any atom is -0.361 e. The molecule has 1 aliphatic rings. The van der Waals surface area contributed by atoms with E-state index in [1.165, 1.54) is 18.2 Å². The van der Waals surface area contributed by atoms with E-state index in [0.717, 1.165) is 24.1 Å². The zero-order valence-electron chi connectivity index (χ0n) is 12.4. The Kier molecular flexibility index (Phi) is 3.91. The molecule has 1 aliphatic heterocycles. The largest absolute Gasteiger partial charge is 0.361 e. The van der Waals surface area contributed by atoms with Crippen molar-refractivity contribution >= 4 is 17.5 Å². The van der Waals surface area contributed by atoms with E-state index in [2.05, 4.69) is 5.16 Å². The third-order valence-corrected chi connectivity index (χ3v) is 4.43. The predicted molar refractivity (Wildman–Crippen MR) is 80.4 cm³/mol. The third kappa shape index (κ3) is 2.39. The lowest BCUT2D eigenvalue weighted by Gasteiger charge is -2.25. The number of aryl methyl sites for hydroxylation is 2. The van der Waals surface area contributed by atoms with Crippen LogP contribution in [0.4, 0.5) is 4.39 Å². The van der Waals surface area contributed by atoms with Gasteiger partial charge in [-0.3, -0.25) is 4.79 Å². The Morgan fingerprint density at radius 2 is 2.23 bits per heavy atom. The minimum atomic E-state index is -0.595. The van der Waals surface area contributed by atoms with Crippen molar-refractivity contribution in [3.63, 3.8) is 0 Å². The average molecular weight is 323 g/mol. The molecule has 4 nitrogen and oxygen atoms in total. The fourth-order valence-electron chi connectivity index (χ4n) is 3.12. The molecule has 0 unspecified atom stereocenters. The maximum absolute atomic E-state index is 14.0. The van der Waals surface area contributed by atoms with Crippen LogP contribution >= 0.6 is 11.6 Å². The Labute approximate surface area is 132 Å². The molecular weight excluding hydrogens is 307 g/mol. The summed E-state index contributed by atoms with van der Waals surface area (Å²) < 4.78 is 19.2. The standard InChI is InChI=1S/C16H16ClFN2O2/c1-9-14(10(2)22-19-9)13-7-4-8-20(13)16(21)15-11(17)5-3-6-12(15)18/h3,5-6,13H,4,7-8H2,1-2H3/t13-/m1/s1. The first-order valence-corrected chi connectivity index (χ1v) is 7.56. The Bertz CT molecular complexity index is 689. The minimum absolute atomic E-state index is 0.0668. The number of hydrogen-bond acceptors (Lipinski definition) is 3. The summed E-state index contributed by atoms with van der Waals surface area (Å²) in [5.41, 5.74) is 1.61. The molecule has 0 spiro atoms. The van der Waals surface area contributed by atoms with Gasteiger partial charge in [-0.15, -0.1) is 0 Å². The molecular formula is C16H16ClFN2O2. The number of carbonyl (C=O) groups is 1. The van der Waals surface area contributed by atoms with Crippen LogP contribution in [-0.2, 0) is 0 Å². The lowest BCUT2D eigenvalue weighted by molar-refractivity contribution is 0.0730. The van der Waals surface area contributed by atoms with Crippen LogP contribution in [0.1, 0.15) is 46.3 Å². The molecule has 1 atom stereocenters. The summed E-state index contributed by atoms with van der Waals surface area (Å²) in [7, 11) is 0. The fraction of sp³-hybridized carbons (Fsp3) is 0.375. The second kappa shape index (κ2) is 5.72. The molecule has 1 amide bonds. The van der Waals surface area contributed by atoms with Crippen LogP contribution in [0.25, 0.3) is 0 Å². The van der Waals surface area contributed by atoms with Crippen LogP contribution in [0.5, 0.6) is 0 Å². The molecule has 0 bridgehead atoms. The van der Waals surface area contributed by atoms with E-state index < -0.39 is 5.82 Å². The first kappa shape index (κ1) is 15.0. The molecule has 2 aromatic rings. The number of amides is 1. The van der Waals surface area contributed by atoms with Gasteiger partial charge in [0.1, 0.15) is 11.6 Å². The molecule has 1 aromatic carbocycles.